The number of fused-ring (bicyclic) bond motifs is 1. The molecular weight excluding hydrogens is 266 g/mol. The molecule has 0 radical (unpaired) electrons. The first-order valence-corrected chi connectivity index (χ1v) is 6.31. The van der Waals surface area contributed by atoms with Crippen LogP contribution in [0.4, 0.5) is 0 Å². The van der Waals surface area contributed by atoms with Gasteiger partial charge in [-0.2, -0.15) is 0 Å². The number of halogens is 1. The number of nitrogens with zero attached hydrogens (tertiary/aromatic N) is 1. The fourth-order valence-electron chi connectivity index (χ4n) is 2.22. The molecule has 5 heteroatoms. The smallest absolute Gasteiger partial charge is 0.381 e. The Bertz CT molecular complexity index is 673. The van der Waals surface area contributed by atoms with E-state index in [-0.39, 0.29) is 6.61 Å². The van der Waals surface area contributed by atoms with Gasteiger partial charge in [-0.15, -0.1) is 0 Å². The number of esters is 1. The van der Waals surface area contributed by atoms with E-state index < -0.39 is 11.8 Å². The van der Waals surface area contributed by atoms with Gasteiger partial charge in [0.05, 0.1) is 6.61 Å². The van der Waals surface area contributed by atoms with Crippen LogP contribution in [0.3, 0.4) is 0 Å². The standard InChI is InChI=1S/C14H14ClNO3/c1-4-19-14(18)13(17)12-8(2)10-7-9(15)5-6-11(10)16(12)3/h5-7H,4H2,1-3H3. The Morgan fingerprint density at radius 1 is 1.37 bits per heavy atom. The van der Waals surface area contributed by atoms with Gasteiger partial charge in [-0.3, -0.25) is 4.79 Å². The highest BCUT2D eigenvalue weighted by Crippen LogP contribution is 2.27. The van der Waals surface area contributed by atoms with Crippen LogP contribution in [-0.4, -0.2) is 22.9 Å². The van der Waals surface area contributed by atoms with Crippen LogP contribution in [-0.2, 0) is 16.6 Å². The van der Waals surface area contributed by atoms with Gasteiger partial charge in [0.2, 0.25) is 0 Å². The average molecular weight is 280 g/mol. The van der Waals surface area contributed by atoms with E-state index in [2.05, 4.69) is 0 Å². The summed E-state index contributed by atoms with van der Waals surface area (Å²) in [7, 11) is 1.75. The van der Waals surface area contributed by atoms with Gasteiger partial charge in [0.25, 0.3) is 5.78 Å². The van der Waals surface area contributed by atoms with E-state index in [1.807, 2.05) is 6.07 Å². The monoisotopic (exact) mass is 279 g/mol. The van der Waals surface area contributed by atoms with E-state index in [1.54, 1.807) is 37.6 Å². The number of hydrogen-bond acceptors (Lipinski definition) is 3. The van der Waals surface area contributed by atoms with E-state index in [0.717, 1.165) is 16.5 Å². The molecule has 100 valence electrons. The van der Waals surface area contributed by atoms with Gasteiger partial charge in [-0.25, -0.2) is 4.79 Å². The number of ketones is 1. The van der Waals surface area contributed by atoms with Crippen molar-refractivity contribution in [1.82, 2.24) is 4.57 Å². The van der Waals surface area contributed by atoms with E-state index in [1.165, 1.54) is 0 Å². The molecule has 1 aromatic heterocycles. The zero-order valence-electron chi connectivity index (χ0n) is 11.0. The van der Waals surface area contributed by atoms with E-state index >= 15 is 0 Å². The lowest BCUT2D eigenvalue weighted by Gasteiger charge is -2.04. The van der Waals surface area contributed by atoms with Crippen molar-refractivity contribution in [2.45, 2.75) is 13.8 Å². The number of Topliss-reactive ketones (excluding diaryl/α,β-unsaturated/α-hetero) is 1. The van der Waals surface area contributed by atoms with E-state index in [0.29, 0.717) is 10.7 Å². The molecule has 0 bridgehead atoms. The summed E-state index contributed by atoms with van der Waals surface area (Å²) in [5.41, 5.74) is 1.93. The van der Waals surface area contributed by atoms with Crippen molar-refractivity contribution in [3.63, 3.8) is 0 Å². The van der Waals surface area contributed by atoms with Crippen molar-refractivity contribution >= 4 is 34.3 Å². The third kappa shape index (κ3) is 2.24. The summed E-state index contributed by atoms with van der Waals surface area (Å²) in [5.74, 6) is -1.46. The molecule has 0 aliphatic rings. The predicted octanol–water partition coefficient (Wildman–Crippen LogP) is 2.89. The number of ether oxygens (including phenoxy) is 1. The summed E-state index contributed by atoms with van der Waals surface area (Å²) < 4.78 is 6.45. The largest absolute Gasteiger partial charge is 0.460 e. The zero-order valence-corrected chi connectivity index (χ0v) is 11.7. The van der Waals surface area contributed by atoms with Crippen LogP contribution in [0.5, 0.6) is 0 Å². The maximum absolute atomic E-state index is 12.1. The molecule has 4 nitrogen and oxygen atoms in total. The predicted molar refractivity (Wildman–Crippen MR) is 73.6 cm³/mol. The Balaban J connectivity index is 2.61. The number of aromatic nitrogens is 1. The van der Waals surface area contributed by atoms with Gasteiger partial charge >= 0.3 is 5.97 Å². The lowest BCUT2D eigenvalue weighted by atomic mass is 10.1. The minimum Gasteiger partial charge on any atom is -0.460 e. The third-order valence-corrected chi connectivity index (χ3v) is 3.33. The molecule has 0 aliphatic heterocycles. The van der Waals surface area contributed by atoms with Crippen molar-refractivity contribution in [3.05, 3.63) is 34.5 Å². The molecule has 19 heavy (non-hydrogen) atoms. The van der Waals surface area contributed by atoms with Crippen LogP contribution in [0.25, 0.3) is 10.9 Å². The topological polar surface area (TPSA) is 48.3 Å². The Kier molecular flexibility index (Phi) is 3.62. The highest BCUT2D eigenvalue weighted by Gasteiger charge is 2.25. The van der Waals surface area contributed by atoms with Crippen molar-refractivity contribution in [2.75, 3.05) is 6.61 Å². The highest BCUT2D eigenvalue weighted by molar-refractivity contribution is 6.41. The molecule has 0 saturated heterocycles. The van der Waals surface area contributed by atoms with Crippen LogP contribution in [0.15, 0.2) is 18.2 Å². The molecule has 2 aromatic rings. The molecule has 0 fully saturated rings. The summed E-state index contributed by atoms with van der Waals surface area (Å²) in [4.78, 5) is 23.7. The first-order chi connectivity index (χ1) is 8.97. The Labute approximate surface area is 115 Å². The third-order valence-electron chi connectivity index (χ3n) is 3.09. The second kappa shape index (κ2) is 5.05. The summed E-state index contributed by atoms with van der Waals surface area (Å²) >= 11 is 5.96. The minimum absolute atomic E-state index is 0.180. The zero-order chi connectivity index (χ0) is 14.2. The maximum Gasteiger partial charge on any atom is 0.381 e. The summed E-state index contributed by atoms with van der Waals surface area (Å²) in [6, 6.07) is 5.36. The molecule has 0 spiro atoms. The van der Waals surface area contributed by atoms with Crippen LogP contribution >= 0.6 is 11.6 Å². The van der Waals surface area contributed by atoms with Gasteiger partial charge < -0.3 is 9.30 Å². The molecular formula is C14H14ClNO3. The Hall–Kier alpha value is -1.81. The van der Waals surface area contributed by atoms with Crippen molar-refractivity contribution in [3.8, 4) is 0 Å². The normalized spacial score (nSPS) is 10.7. The van der Waals surface area contributed by atoms with Crippen molar-refractivity contribution < 1.29 is 14.3 Å². The summed E-state index contributed by atoms with van der Waals surface area (Å²) in [5, 5.41) is 1.46. The minimum atomic E-state index is -0.831. The number of aryl methyl sites for hydroxylation is 2. The van der Waals surface area contributed by atoms with Gasteiger partial charge in [0.15, 0.2) is 0 Å². The van der Waals surface area contributed by atoms with Gasteiger partial charge in [-0.1, -0.05) is 11.6 Å². The van der Waals surface area contributed by atoms with Crippen LogP contribution in [0.1, 0.15) is 23.0 Å². The molecule has 0 amide bonds. The Morgan fingerprint density at radius 2 is 2.05 bits per heavy atom. The fourth-order valence-corrected chi connectivity index (χ4v) is 2.39. The molecule has 0 unspecified atom stereocenters. The van der Waals surface area contributed by atoms with Gasteiger partial charge in [-0.05, 0) is 37.6 Å². The second-order valence-electron chi connectivity index (χ2n) is 4.24. The van der Waals surface area contributed by atoms with E-state index in [4.69, 9.17) is 16.3 Å². The SMILES string of the molecule is CCOC(=O)C(=O)c1c(C)c2cc(Cl)ccc2n1C. The maximum atomic E-state index is 12.1. The first-order valence-electron chi connectivity index (χ1n) is 5.93. The molecule has 0 saturated carbocycles. The average Bonchev–Trinajstić information content (AvgIpc) is 2.61. The molecule has 1 heterocycles. The van der Waals surface area contributed by atoms with Gasteiger partial charge in [0, 0.05) is 23.0 Å². The molecule has 0 N–H and O–H groups in total. The molecule has 1 aromatic carbocycles. The first kappa shape index (κ1) is 13.6. The number of carbonyl (C=O) groups excluding carboxylic acids is 2. The van der Waals surface area contributed by atoms with Crippen molar-refractivity contribution in [2.24, 2.45) is 7.05 Å². The van der Waals surface area contributed by atoms with Crippen LogP contribution in [0.2, 0.25) is 5.02 Å². The van der Waals surface area contributed by atoms with Crippen molar-refractivity contribution in [1.29, 1.82) is 0 Å². The quantitative estimate of drug-likeness (QED) is 0.493. The van der Waals surface area contributed by atoms with Gasteiger partial charge in [0.1, 0.15) is 5.69 Å². The van der Waals surface area contributed by atoms with Crippen LogP contribution in [0, 0.1) is 6.92 Å². The molecule has 0 atom stereocenters. The summed E-state index contributed by atoms with van der Waals surface area (Å²) in [6.45, 7) is 3.64. The number of benzene rings is 1. The number of hydrogen-bond donors (Lipinski definition) is 0. The van der Waals surface area contributed by atoms with E-state index in [9.17, 15) is 9.59 Å². The Morgan fingerprint density at radius 3 is 2.68 bits per heavy atom. The number of carbonyl (C=O) groups is 2. The lowest BCUT2D eigenvalue weighted by molar-refractivity contribution is -0.137. The highest BCUT2D eigenvalue weighted by atomic mass is 35.5. The fraction of sp³-hybridized carbons (Fsp3) is 0.286. The second-order valence-corrected chi connectivity index (χ2v) is 4.68. The number of rotatable bonds is 3. The van der Waals surface area contributed by atoms with Crippen LogP contribution < -0.4 is 0 Å². The molecule has 0 aliphatic carbocycles. The molecule has 2 rings (SSSR count). The summed E-state index contributed by atoms with van der Waals surface area (Å²) in [6.07, 6.45) is 0. The lowest BCUT2D eigenvalue weighted by Crippen LogP contribution is -2.20.